The minimum atomic E-state index is -1.62. The summed E-state index contributed by atoms with van der Waals surface area (Å²) in [5, 5.41) is 44.5. The first-order valence-electron chi connectivity index (χ1n) is 17.3. The van der Waals surface area contributed by atoms with E-state index in [2.05, 4.69) is 10.6 Å². The monoisotopic (exact) mass is 776 g/mol. The smallest absolute Gasteiger partial charge is 0.341 e. The number of benzene rings is 3. The Balaban J connectivity index is 1.51. The maximum Gasteiger partial charge on any atom is 0.341 e. The predicted molar refractivity (Wildman–Crippen MR) is 194 cm³/mol. The van der Waals surface area contributed by atoms with Crippen LogP contribution >= 0.6 is 0 Å². The van der Waals surface area contributed by atoms with Crippen molar-refractivity contribution >= 4 is 47.1 Å². The Morgan fingerprint density at radius 1 is 0.893 bits per heavy atom. The Morgan fingerprint density at radius 3 is 2.18 bits per heavy atom. The lowest BCUT2D eigenvalue weighted by Crippen LogP contribution is -2.56. The number of Topliss-reactive ketones (excluding diaryl/α,β-unsaturated/α-hetero) is 1. The van der Waals surface area contributed by atoms with Gasteiger partial charge in [-0.15, -0.1) is 0 Å². The van der Waals surface area contributed by atoms with E-state index in [1.165, 1.54) is 35.2 Å². The lowest BCUT2D eigenvalue weighted by molar-refractivity contribution is -0.385. The zero-order chi connectivity index (χ0) is 41.1. The Morgan fingerprint density at radius 2 is 1.55 bits per heavy atom. The number of phenols is 1. The van der Waals surface area contributed by atoms with Crippen molar-refractivity contribution in [2.45, 2.75) is 64.1 Å². The van der Waals surface area contributed by atoms with Crippen LogP contribution in [0.1, 0.15) is 51.9 Å². The van der Waals surface area contributed by atoms with E-state index in [9.17, 15) is 53.9 Å². The molecule has 1 aliphatic heterocycles. The van der Waals surface area contributed by atoms with E-state index in [0.717, 1.165) is 12.1 Å². The fourth-order valence-electron chi connectivity index (χ4n) is 6.20. The van der Waals surface area contributed by atoms with E-state index in [1.54, 1.807) is 32.0 Å². The Kier molecular flexibility index (Phi) is 14.2. The Labute approximate surface area is 319 Å². The lowest BCUT2D eigenvalue weighted by atomic mass is 10.0. The molecule has 1 unspecified atom stereocenters. The number of nitro groups is 1. The van der Waals surface area contributed by atoms with Crippen molar-refractivity contribution in [3.63, 3.8) is 0 Å². The van der Waals surface area contributed by atoms with Crippen molar-refractivity contribution in [1.29, 1.82) is 0 Å². The summed E-state index contributed by atoms with van der Waals surface area (Å²) in [6.45, 7) is 1.99. The minimum Gasteiger partial charge on any atom is -0.502 e. The number of ether oxygens (including phenoxy) is 2. The Hall–Kier alpha value is -6.85. The summed E-state index contributed by atoms with van der Waals surface area (Å²) in [5.41, 5.74) is 1.47. The second kappa shape index (κ2) is 19.0. The van der Waals surface area contributed by atoms with Gasteiger partial charge in [0.25, 0.3) is 0 Å². The molecule has 0 radical (unpaired) electrons. The first-order valence-corrected chi connectivity index (χ1v) is 17.3. The molecule has 1 heterocycles. The fourth-order valence-corrected chi connectivity index (χ4v) is 6.20. The molecule has 18 heteroatoms. The molecule has 0 saturated carbocycles. The number of aryl methyl sites for hydroxylation is 2. The molecule has 1 saturated heterocycles. The van der Waals surface area contributed by atoms with Crippen LogP contribution in [-0.4, -0.2) is 104 Å². The van der Waals surface area contributed by atoms with E-state index >= 15 is 0 Å². The number of carboxylic acid groups (broad SMARTS) is 2. The van der Waals surface area contributed by atoms with Crippen molar-refractivity contribution in [3.05, 3.63) is 98.6 Å². The highest BCUT2D eigenvalue weighted by Gasteiger charge is 2.39. The number of hydrogen-bond acceptors (Lipinski definition) is 12. The molecular weight excluding hydrogens is 736 g/mol. The van der Waals surface area contributed by atoms with Gasteiger partial charge in [-0.3, -0.25) is 34.1 Å². The molecule has 3 aromatic rings. The van der Waals surface area contributed by atoms with E-state index in [0.29, 0.717) is 23.1 Å². The van der Waals surface area contributed by atoms with Gasteiger partial charge in [0.1, 0.15) is 23.9 Å². The molecular formula is C38H40N4O14. The standard InChI is InChI=1S/C38H40N4O14/c1-21-5-3-6-22(2)35(21)38(52)56-19-31(44)26(18-33(46)47)40-36(50)28-7-4-14-41(28)37(51)27(15-23-8-11-25(12-9-23)55-20-34(48)49)39-32(45)17-24-10-13-30(43)29(16-24)42(53)54/h3,5-6,8-13,16,26-28,43H,4,7,14-15,17-20H2,1-2H3,(H,39,45)(H,40,50)(H,46,47)(H,48,49)/t26-,27-,28?/m0/s1. The average Bonchev–Trinajstić information content (AvgIpc) is 3.63. The van der Waals surface area contributed by atoms with E-state index in [1.807, 2.05) is 0 Å². The maximum absolute atomic E-state index is 14.2. The van der Waals surface area contributed by atoms with Crippen LogP contribution in [0.3, 0.4) is 0 Å². The predicted octanol–water partition coefficient (Wildman–Crippen LogP) is 2.03. The molecule has 296 valence electrons. The third-order valence-corrected chi connectivity index (χ3v) is 8.91. The largest absolute Gasteiger partial charge is 0.502 e. The number of esters is 1. The number of aliphatic carboxylic acids is 2. The molecule has 1 aliphatic rings. The van der Waals surface area contributed by atoms with Gasteiger partial charge >= 0.3 is 23.6 Å². The minimum absolute atomic E-state index is 0.0559. The van der Waals surface area contributed by atoms with Gasteiger partial charge < -0.3 is 40.3 Å². The van der Waals surface area contributed by atoms with Gasteiger partial charge in [0.2, 0.25) is 17.7 Å². The van der Waals surface area contributed by atoms with Crippen LogP contribution < -0.4 is 15.4 Å². The Bertz CT molecular complexity index is 2000. The van der Waals surface area contributed by atoms with Crippen LogP contribution in [0.2, 0.25) is 0 Å². The SMILES string of the molecule is Cc1cccc(C)c1C(=O)OCC(=O)[C@H](CC(=O)O)NC(=O)C1CCCN1C(=O)[C@H](Cc1ccc(OCC(=O)O)cc1)NC(=O)Cc1ccc(O)c([N+](=O)[O-])c1. The summed E-state index contributed by atoms with van der Waals surface area (Å²) in [4.78, 5) is 101. The van der Waals surface area contributed by atoms with Gasteiger partial charge in [-0.25, -0.2) is 9.59 Å². The molecule has 4 rings (SSSR count). The van der Waals surface area contributed by atoms with Crippen LogP contribution in [-0.2, 0) is 46.3 Å². The first-order chi connectivity index (χ1) is 26.5. The number of likely N-dealkylation sites (tertiary alicyclic amines) is 1. The molecule has 1 fully saturated rings. The van der Waals surface area contributed by atoms with Crippen LogP contribution in [0.4, 0.5) is 5.69 Å². The number of rotatable bonds is 18. The highest BCUT2D eigenvalue weighted by atomic mass is 16.6. The topological polar surface area (TPSA) is 269 Å². The highest BCUT2D eigenvalue weighted by Crippen LogP contribution is 2.27. The number of carboxylic acids is 2. The zero-order valence-corrected chi connectivity index (χ0v) is 30.4. The van der Waals surface area contributed by atoms with Gasteiger partial charge in [-0.05, 0) is 67.1 Å². The molecule has 0 aliphatic carbocycles. The van der Waals surface area contributed by atoms with Crippen LogP contribution in [0.5, 0.6) is 11.5 Å². The quantitative estimate of drug-likeness (QED) is 0.0703. The second-order valence-electron chi connectivity index (χ2n) is 13.1. The van der Waals surface area contributed by atoms with Crippen molar-refractivity contribution in [1.82, 2.24) is 15.5 Å². The van der Waals surface area contributed by atoms with Gasteiger partial charge in [0.15, 0.2) is 24.7 Å². The summed E-state index contributed by atoms with van der Waals surface area (Å²) in [5.74, 6) is -6.99. The summed E-state index contributed by atoms with van der Waals surface area (Å²) >= 11 is 0. The lowest BCUT2D eigenvalue weighted by Gasteiger charge is -2.30. The molecule has 56 heavy (non-hydrogen) atoms. The number of nitrogens with zero attached hydrogens (tertiary/aromatic N) is 2. The number of aromatic hydroxyl groups is 1. The first kappa shape index (κ1) is 41.9. The zero-order valence-electron chi connectivity index (χ0n) is 30.4. The number of hydrogen-bond donors (Lipinski definition) is 5. The summed E-state index contributed by atoms with van der Waals surface area (Å²) in [7, 11) is 0. The number of nitro benzene ring substituents is 1. The molecule has 3 amide bonds. The van der Waals surface area contributed by atoms with Gasteiger partial charge in [-0.2, -0.15) is 0 Å². The number of amides is 3. The number of nitrogens with one attached hydrogen (secondary N) is 2. The number of carbonyl (C=O) groups is 7. The molecule has 0 bridgehead atoms. The van der Waals surface area contributed by atoms with Crippen LogP contribution in [0.25, 0.3) is 0 Å². The molecule has 3 atom stereocenters. The highest BCUT2D eigenvalue weighted by molar-refractivity contribution is 5.98. The molecule has 18 nitrogen and oxygen atoms in total. The number of ketones is 1. The molecule has 0 aromatic heterocycles. The third-order valence-electron chi connectivity index (χ3n) is 8.91. The van der Waals surface area contributed by atoms with E-state index in [4.69, 9.17) is 14.6 Å². The van der Waals surface area contributed by atoms with Crippen molar-refractivity contribution in [2.75, 3.05) is 19.8 Å². The van der Waals surface area contributed by atoms with Gasteiger partial charge in [-0.1, -0.05) is 36.4 Å². The van der Waals surface area contributed by atoms with Crippen molar-refractivity contribution < 1.29 is 63.3 Å². The average molecular weight is 777 g/mol. The fraction of sp³-hybridized carbons (Fsp3) is 0.342. The molecule has 3 aromatic carbocycles. The number of carbonyl (C=O) groups excluding carboxylic acids is 5. The van der Waals surface area contributed by atoms with E-state index < -0.39 is 102 Å². The van der Waals surface area contributed by atoms with Gasteiger partial charge in [0, 0.05) is 19.0 Å². The summed E-state index contributed by atoms with van der Waals surface area (Å²) < 4.78 is 10.3. The normalized spacial score (nSPS) is 14.5. The van der Waals surface area contributed by atoms with Gasteiger partial charge in [0.05, 0.1) is 23.3 Å². The number of phenolic OH excluding ortho intramolecular Hbond substituents is 1. The van der Waals surface area contributed by atoms with E-state index in [-0.39, 0.29) is 36.3 Å². The van der Waals surface area contributed by atoms with Crippen molar-refractivity contribution in [3.8, 4) is 11.5 Å². The summed E-state index contributed by atoms with van der Waals surface area (Å²) in [6.07, 6.45) is -0.935. The molecule has 5 N–H and O–H groups in total. The third kappa shape index (κ3) is 11.3. The van der Waals surface area contributed by atoms with Crippen LogP contribution in [0.15, 0.2) is 60.7 Å². The van der Waals surface area contributed by atoms with Crippen LogP contribution in [0, 0.1) is 24.0 Å². The van der Waals surface area contributed by atoms with Crippen molar-refractivity contribution in [2.24, 2.45) is 0 Å². The summed E-state index contributed by atoms with van der Waals surface area (Å²) in [6, 6.07) is 10.4. The second-order valence-corrected chi connectivity index (χ2v) is 13.1. The molecule has 0 spiro atoms. The maximum atomic E-state index is 14.2.